The summed E-state index contributed by atoms with van der Waals surface area (Å²) in [5.74, 6) is -0.790. The Morgan fingerprint density at radius 2 is 2.15 bits per heavy atom. The predicted molar refractivity (Wildman–Crippen MR) is 74.4 cm³/mol. The van der Waals surface area contributed by atoms with Crippen molar-refractivity contribution in [1.29, 1.82) is 0 Å². The first-order chi connectivity index (χ1) is 9.30. The lowest BCUT2D eigenvalue weighted by atomic mass is 9.93. The zero-order chi connectivity index (χ0) is 15.3. The molecule has 7 heteroatoms. The van der Waals surface area contributed by atoms with Crippen molar-refractivity contribution in [2.45, 2.75) is 27.2 Å². The number of nitrogens with zero attached hydrogens (tertiary/aromatic N) is 2. The first-order valence-corrected chi connectivity index (χ1v) is 6.54. The second kappa shape index (κ2) is 6.51. The lowest BCUT2D eigenvalue weighted by Gasteiger charge is -2.31. The number of carbonyl (C=O) groups excluding carboxylic acids is 1. The van der Waals surface area contributed by atoms with Gasteiger partial charge >= 0.3 is 5.88 Å². The third-order valence-corrected chi connectivity index (χ3v) is 2.93. The number of hydrogen-bond donors (Lipinski definition) is 1. The van der Waals surface area contributed by atoms with Crippen LogP contribution in [0.15, 0.2) is 16.5 Å². The summed E-state index contributed by atoms with van der Waals surface area (Å²) in [7, 11) is 0. The zero-order valence-corrected chi connectivity index (χ0v) is 12.1. The summed E-state index contributed by atoms with van der Waals surface area (Å²) < 4.78 is 4.96. The average molecular weight is 283 g/mol. The SMILES string of the molecule is CCCN(CC(C)(C)CN)C(=O)c1ccc([N+](=O)[O-])o1. The number of carbonyl (C=O) groups is 1. The third-order valence-electron chi connectivity index (χ3n) is 2.93. The minimum Gasteiger partial charge on any atom is -0.395 e. The average Bonchev–Trinajstić information content (AvgIpc) is 2.87. The number of nitrogens with two attached hydrogens (primary N) is 1. The van der Waals surface area contributed by atoms with Gasteiger partial charge in [-0.1, -0.05) is 20.8 Å². The van der Waals surface area contributed by atoms with E-state index in [-0.39, 0.29) is 17.1 Å². The van der Waals surface area contributed by atoms with Crippen molar-refractivity contribution in [3.63, 3.8) is 0 Å². The fraction of sp³-hybridized carbons (Fsp3) is 0.615. The molecule has 0 bridgehead atoms. The van der Waals surface area contributed by atoms with Crippen molar-refractivity contribution in [1.82, 2.24) is 4.90 Å². The fourth-order valence-corrected chi connectivity index (χ4v) is 1.80. The van der Waals surface area contributed by atoms with Crippen LogP contribution in [0.25, 0.3) is 0 Å². The molecule has 1 aromatic rings. The van der Waals surface area contributed by atoms with Crippen LogP contribution in [-0.4, -0.2) is 35.4 Å². The van der Waals surface area contributed by atoms with Gasteiger partial charge in [-0.05, 0) is 24.4 Å². The summed E-state index contributed by atoms with van der Waals surface area (Å²) in [5, 5.41) is 10.6. The van der Waals surface area contributed by atoms with Crippen molar-refractivity contribution >= 4 is 11.8 Å². The van der Waals surface area contributed by atoms with E-state index >= 15 is 0 Å². The van der Waals surface area contributed by atoms with Crippen molar-refractivity contribution in [2.24, 2.45) is 11.1 Å². The van der Waals surface area contributed by atoms with Crippen LogP contribution in [0.5, 0.6) is 0 Å². The number of nitro groups is 1. The van der Waals surface area contributed by atoms with Crippen LogP contribution in [-0.2, 0) is 0 Å². The number of hydrogen-bond acceptors (Lipinski definition) is 5. The Bertz CT molecular complexity index is 482. The van der Waals surface area contributed by atoms with Crippen LogP contribution in [0.4, 0.5) is 5.88 Å². The van der Waals surface area contributed by atoms with Gasteiger partial charge in [-0.15, -0.1) is 0 Å². The monoisotopic (exact) mass is 283 g/mol. The van der Waals surface area contributed by atoms with Crippen molar-refractivity contribution < 1.29 is 14.1 Å². The molecule has 0 unspecified atom stereocenters. The molecule has 0 atom stereocenters. The van der Waals surface area contributed by atoms with Gasteiger partial charge < -0.3 is 15.1 Å². The maximum absolute atomic E-state index is 12.3. The van der Waals surface area contributed by atoms with Crippen LogP contribution in [0, 0.1) is 15.5 Å². The lowest BCUT2D eigenvalue weighted by Crippen LogP contribution is -2.42. The molecule has 0 aliphatic rings. The number of rotatable bonds is 7. The molecule has 0 saturated carbocycles. The molecule has 0 radical (unpaired) electrons. The predicted octanol–water partition coefficient (Wildman–Crippen LogP) is 2.02. The molecule has 1 amide bonds. The Balaban J connectivity index is 2.90. The second-order valence-corrected chi connectivity index (χ2v) is 5.49. The number of furan rings is 1. The molecule has 0 aliphatic heterocycles. The van der Waals surface area contributed by atoms with Gasteiger partial charge in [0.2, 0.25) is 0 Å². The molecule has 0 fully saturated rings. The first kappa shape index (κ1) is 16.2. The summed E-state index contributed by atoms with van der Waals surface area (Å²) in [6, 6.07) is 2.52. The van der Waals surface area contributed by atoms with E-state index in [1.54, 1.807) is 4.90 Å². The molecule has 1 rings (SSSR count). The summed E-state index contributed by atoms with van der Waals surface area (Å²) in [6.07, 6.45) is 0.787. The van der Waals surface area contributed by atoms with Crippen molar-refractivity contribution in [3.8, 4) is 0 Å². The molecule has 1 aromatic heterocycles. The fourth-order valence-electron chi connectivity index (χ4n) is 1.80. The maximum Gasteiger partial charge on any atom is 0.433 e. The molecule has 20 heavy (non-hydrogen) atoms. The quantitative estimate of drug-likeness (QED) is 0.609. The van der Waals surface area contributed by atoms with Crippen LogP contribution >= 0.6 is 0 Å². The van der Waals surface area contributed by atoms with Gasteiger partial charge in [-0.2, -0.15) is 0 Å². The Labute approximate surface area is 117 Å². The maximum atomic E-state index is 12.3. The van der Waals surface area contributed by atoms with Crippen LogP contribution < -0.4 is 5.73 Å². The van der Waals surface area contributed by atoms with Gasteiger partial charge in [-0.25, -0.2) is 0 Å². The van der Waals surface area contributed by atoms with E-state index in [2.05, 4.69) is 0 Å². The molecule has 0 spiro atoms. The highest BCUT2D eigenvalue weighted by Crippen LogP contribution is 2.20. The first-order valence-electron chi connectivity index (χ1n) is 6.54. The highest BCUT2D eigenvalue weighted by molar-refractivity contribution is 5.91. The minimum absolute atomic E-state index is 0.0158. The molecule has 2 N–H and O–H groups in total. The normalized spacial score (nSPS) is 11.4. The third kappa shape index (κ3) is 4.06. The highest BCUT2D eigenvalue weighted by atomic mass is 16.6. The molecule has 112 valence electrons. The van der Waals surface area contributed by atoms with E-state index in [4.69, 9.17) is 10.2 Å². The Hall–Kier alpha value is -1.89. The Morgan fingerprint density at radius 3 is 2.60 bits per heavy atom. The van der Waals surface area contributed by atoms with Gasteiger partial charge in [0.15, 0.2) is 5.76 Å². The molecule has 1 heterocycles. The van der Waals surface area contributed by atoms with Gasteiger partial charge in [0.25, 0.3) is 5.91 Å². The van der Waals surface area contributed by atoms with Gasteiger partial charge in [0.05, 0.1) is 6.07 Å². The smallest absolute Gasteiger partial charge is 0.395 e. The number of amides is 1. The molecular weight excluding hydrogens is 262 g/mol. The van der Waals surface area contributed by atoms with E-state index in [0.29, 0.717) is 19.6 Å². The molecule has 0 aliphatic carbocycles. The Kier molecular flexibility index (Phi) is 5.26. The van der Waals surface area contributed by atoms with E-state index in [0.717, 1.165) is 6.42 Å². The van der Waals surface area contributed by atoms with E-state index in [1.807, 2.05) is 20.8 Å². The van der Waals surface area contributed by atoms with Gasteiger partial charge in [0, 0.05) is 13.1 Å². The largest absolute Gasteiger partial charge is 0.433 e. The molecule has 0 saturated heterocycles. The van der Waals surface area contributed by atoms with Gasteiger partial charge in [0.1, 0.15) is 4.92 Å². The molecular formula is C13H21N3O4. The van der Waals surface area contributed by atoms with Crippen molar-refractivity contribution in [2.75, 3.05) is 19.6 Å². The standard InChI is InChI=1S/C13H21N3O4/c1-4-7-15(9-13(2,3)8-14)12(17)10-5-6-11(20-10)16(18)19/h5-6H,4,7-9,14H2,1-3H3. The van der Waals surface area contributed by atoms with E-state index in [1.165, 1.54) is 12.1 Å². The van der Waals surface area contributed by atoms with E-state index in [9.17, 15) is 14.9 Å². The summed E-state index contributed by atoms with van der Waals surface area (Å²) in [6.45, 7) is 7.36. The Morgan fingerprint density at radius 1 is 1.50 bits per heavy atom. The van der Waals surface area contributed by atoms with E-state index < -0.39 is 10.8 Å². The van der Waals surface area contributed by atoms with Gasteiger partial charge in [-0.3, -0.25) is 14.9 Å². The summed E-state index contributed by atoms with van der Waals surface area (Å²) in [4.78, 5) is 23.9. The van der Waals surface area contributed by atoms with Crippen LogP contribution in [0.2, 0.25) is 0 Å². The summed E-state index contributed by atoms with van der Waals surface area (Å²) >= 11 is 0. The second-order valence-electron chi connectivity index (χ2n) is 5.49. The highest BCUT2D eigenvalue weighted by Gasteiger charge is 2.27. The topological polar surface area (TPSA) is 103 Å². The lowest BCUT2D eigenvalue weighted by molar-refractivity contribution is -0.402. The van der Waals surface area contributed by atoms with Crippen LogP contribution in [0.1, 0.15) is 37.7 Å². The van der Waals surface area contributed by atoms with Crippen LogP contribution in [0.3, 0.4) is 0 Å². The minimum atomic E-state index is -0.662. The molecule has 0 aromatic carbocycles. The van der Waals surface area contributed by atoms with Crippen molar-refractivity contribution in [3.05, 3.63) is 28.0 Å². The summed E-state index contributed by atoms with van der Waals surface area (Å²) in [5.41, 5.74) is 5.46. The molecule has 7 nitrogen and oxygen atoms in total. The zero-order valence-electron chi connectivity index (χ0n) is 12.1.